The maximum absolute atomic E-state index is 12.4. The van der Waals surface area contributed by atoms with E-state index in [0.717, 1.165) is 15.6 Å². The van der Waals surface area contributed by atoms with Gasteiger partial charge in [-0.3, -0.25) is 4.72 Å². The van der Waals surface area contributed by atoms with Gasteiger partial charge in [0, 0.05) is 11.0 Å². The largest absolute Gasteiger partial charge is 0.326 e. The number of aryl methyl sites for hydroxylation is 2. The van der Waals surface area contributed by atoms with Gasteiger partial charge in [0.05, 0.1) is 10.6 Å². The second-order valence-electron chi connectivity index (χ2n) is 4.66. The van der Waals surface area contributed by atoms with Gasteiger partial charge in [0.15, 0.2) is 0 Å². The van der Waals surface area contributed by atoms with E-state index in [-0.39, 0.29) is 10.7 Å². The lowest BCUT2D eigenvalue weighted by atomic mass is 10.1. The van der Waals surface area contributed by atoms with Gasteiger partial charge in [-0.1, -0.05) is 6.07 Å². The molecule has 0 atom stereocenters. The summed E-state index contributed by atoms with van der Waals surface area (Å²) in [5.74, 6) is 0.283. The summed E-state index contributed by atoms with van der Waals surface area (Å²) in [6.45, 7) is 3.98. The molecule has 0 unspecified atom stereocenters. The summed E-state index contributed by atoms with van der Waals surface area (Å²) in [5.41, 5.74) is 8.10. The third-order valence-corrected chi connectivity index (χ3v) is 5.30. The molecule has 7 heteroatoms. The molecule has 0 radical (unpaired) electrons. The molecular weight excluding hydrogens is 354 g/mol. The average Bonchev–Trinajstić information content (AvgIpc) is 2.43. The molecule has 0 aliphatic rings. The lowest BCUT2D eigenvalue weighted by Crippen LogP contribution is -2.15. The van der Waals surface area contributed by atoms with Crippen molar-refractivity contribution in [2.45, 2.75) is 25.3 Å². The van der Waals surface area contributed by atoms with Gasteiger partial charge in [0.2, 0.25) is 0 Å². The number of nitrogens with two attached hydrogens (primary N) is 1. The number of aromatic nitrogens is 1. The Hall–Kier alpha value is -1.44. The number of pyridine rings is 1. The van der Waals surface area contributed by atoms with E-state index in [9.17, 15) is 8.42 Å². The SMILES string of the molecule is Cc1ccc(S(=O)(=O)Nc2ccc(Br)c(C)n2)cc1CN. The number of anilines is 1. The molecular formula is C14H16BrN3O2S. The minimum atomic E-state index is -3.68. The van der Waals surface area contributed by atoms with Crippen LogP contribution in [0.25, 0.3) is 0 Å². The van der Waals surface area contributed by atoms with Crippen LogP contribution in [0.4, 0.5) is 5.82 Å². The van der Waals surface area contributed by atoms with Crippen LogP contribution < -0.4 is 10.5 Å². The van der Waals surface area contributed by atoms with Gasteiger partial charge in [-0.25, -0.2) is 13.4 Å². The fourth-order valence-corrected chi connectivity index (χ4v) is 3.10. The number of nitrogens with one attached hydrogen (secondary N) is 1. The molecule has 0 fully saturated rings. The normalized spacial score (nSPS) is 11.4. The smallest absolute Gasteiger partial charge is 0.263 e. The fourth-order valence-electron chi connectivity index (χ4n) is 1.83. The van der Waals surface area contributed by atoms with Gasteiger partial charge in [0.25, 0.3) is 10.0 Å². The van der Waals surface area contributed by atoms with Crippen LogP contribution in [0.15, 0.2) is 39.7 Å². The van der Waals surface area contributed by atoms with E-state index in [1.54, 1.807) is 37.3 Å². The molecule has 0 spiro atoms. The molecule has 1 aromatic heterocycles. The molecule has 21 heavy (non-hydrogen) atoms. The first-order chi connectivity index (χ1) is 9.83. The Morgan fingerprint density at radius 2 is 1.95 bits per heavy atom. The summed E-state index contributed by atoms with van der Waals surface area (Å²) in [7, 11) is -3.68. The van der Waals surface area contributed by atoms with Gasteiger partial charge in [0.1, 0.15) is 5.82 Å². The Morgan fingerprint density at radius 3 is 2.57 bits per heavy atom. The third-order valence-electron chi connectivity index (χ3n) is 3.11. The zero-order valence-electron chi connectivity index (χ0n) is 11.7. The van der Waals surface area contributed by atoms with Gasteiger partial charge in [-0.2, -0.15) is 0 Å². The first kappa shape index (κ1) is 15.9. The Labute approximate surface area is 132 Å². The average molecular weight is 370 g/mol. The highest BCUT2D eigenvalue weighted by Crippen LogP contribution is 2.20. The van der Waals surface area contributed by atoms with Crippen LogP contribution in [0, 0.1) is 13.8 Å². The number of nitrogens with zero attached hydrogens (tertiary/aromatic N) is 1. The number of halogens is 1. The minimum absolute atomic E-state index is 0.177. The van der Waals surface area contributed by atoms with Crippen molar-refractivity contribution in [2.24, 2.45) is 5.73 Å². The van der Waals surface area contributed by atoms with E-state index in [1.165, 1.54) is 0 Å². The number of rotatable bonds is 4. The quantitative estimate of drug-likeness (QED) is 0.867. The first-order valence-electron chi connectivity index (χ1n) is 6.29. The van der Waals surface area contributed by atoms with Crippen molar-refractivity contribution in [1.82, 2.24) is 4.98 Å². The predicted molar refractivity (Wildman–Crippen MR) is 86.6 cm³/mol. The standard InChI is InChI=1S/C14H16BrN3O2S/c1-9-3-4-12(7-11(9)8-16)21(19,20)18-14-6-5-13(15)10(2)17-14/h3-7H,8,16H2,1-2H3,(H,17,18). The summed E-state index contributed by atoms with van der Waals surface area (Å²) in [6, 6.07) is 8.25. The molecule has 0 bridgehead atoms. The van der Waals surface area contributed by atoms with E-state index in [0.29, 0.717) is 12.2 Å². The van der Waals surface area contributed by atoms with E-state index < -0.39 is 10.0 Å². The molecule has 0 saturated heterocycles. The molecule has 0 amide bonds. The Bertz CT molecular complexity index is 776. The van der Waals surface area contributed by atoms with Crippen LogP contribution in [-0.2, 0) is 16.6 Å². The van der Waals surface area contributed by atoms with E-state index in [4.69, 9.17) is 5.73 Å². The van der Waals surface area contributed by atoms with E-state index in [2.05, 4.69) is 25.6 Å². The van der Waals surface area contributed by atoms with Gasteiger partial charge >= 0.3 is 0 Å². The third kappa shape index (κ3) is 3.61. The van der Waals surface area contributed by atoms with Crippen molar-refractivity contribution in [3.63, 3.8) is 0 Å². The number of hydrogen-bond donors (Lipinski definition) is 2. The van der Waals surface area contributed by atoms with Gasteiger partial charge < -0.3 is 5.73 Å². The lowest BCUT2D eigenvalue weighted by molar-refractivity contribution is 0.601. The minimum Gasteiger partial charge on any atom is -0.326 e. The first-order valence-corrected chi connectivity index (χ1v) is 8.56. The van der Waals surface area contributed by atoms with Crippen molar-refractivity contribution >= 4 is 31.8 Å². The zero-order valence-corrected chi connectivity index (χ0v) is 14.1. The Balaban J connectivity index is 2.35. The monoisotopic (exact) mass is 369 g/mol. The van der Waals surface area contributed by atoms with Crippen LogP contribution in [0.2, 0.25) is 0 Å². The fraction of sp³-hybridized carbons (Fsp3) is 0.214. The maximum Gasteiger partial charge on any atom is 0.263 e. The molecule has 2 aromatic rings. The molecule has 5 nitrogen and oxygen atoms in total. The van der Waals surface area contributed by atoms with Gasteiger partial charge in [-0.05, 0) is 65.2 Å². The molecule has 2 rings (SSSR count). The lowest BCUT2D eigenvalue weighted by Gasteiger charge is -2.10. The second-order valence-corrected chi connectivity index (χ2v) is 7.20. The molecule has 0 saturated carbocycles. The molecule has 0 aliphatic carbocycles. The van der Waals surface area contributed by atoms with Crippen LogP contribution in [0.1, 0.15) is 16.8 Å². The molecule has 3 N–H and O–H groups in total. The molecule has 1 aromatic carbocycles. The van der Waals surface area contributed by atoms with E-state index in [1.807, 2.05) is 6.92 Å². The Morgan fingerprint density at radius 1 is 1.24 bits per heavy atom. The molecule has 0 aliphatic heterocycles. The van der Waals surface area contributed by atoms with Crippen LogP contribution in [0.5, 0.6) is 0 Å². The highest BCUT2D eigenvalue weighted by Gasteiger charge is 2.16. The molecule has 1 heterocycles. The van der Waals surface area contributed by atoms with Crippen LogP contribution in [0.3, 0.4) is 0 Å². The summed E-state index contributed by atoms with van der Waals surface area (Å²) >= 11 is 3.33. The Kier molecular flexibility index (Phi) is 4.65. The topological polar surface area (TPSA) is 85.1 Å². The maximum atomic E-state index is 12.4. The van der Waals surface area contributed by atoms with E-state index >= 15 is 0 Å². The van der Waals surface area contributed by atoms with Crippen molar-refractivity contribution in [1.29, 1.82) is 0 Å². The summed E-state index contributed by atoms with van der Waals surface area (Å²) < 4.78 is 28.0. The van der Waals surface area contributed by atoms with Crippen molar-refractivity contribution in [2.75, 3.05) is 4.72 Å². The number of benzene rings is 1. The molecule has 112 valence electrons. The van der Waals surface area contributed by atoms with Crippen LogP contribution >= 0.6 is 15.9 Å². The van der Waals surface area contributed by atoms with Crippen molar-refractivity contribution in [3.05, 3.63) is 51.6 Å². The highest BCUT2D eigenvalue weighted by atomic mass is 79.9. The summed E-state index contributed by atoms with van der Waals surface area (Å²) in [6.07, 6.45) is 0. The van der Waals surface area contributed by atoms with Crippen molar-refractivity contribution < 1.29 is 8.42 Å². The summed E-state index contributed by atoms with van der Waals surface area (Å²) in [5, 5.41) is 0. The van der Waals surface area contributed by atoms with Crippen molar-refractivity contribution in [3.8, 4) is 0 Å². The second kappa shape index (κ2) is 6.13. The van der Waals surface area contributed by atoms with Gasteiger partial charge in [-0.15, -0.1) is 0 Å². The number of hydrogen-bond acceptors (Lipinski definition) is 4. The highest BCUT2D eigenvalue weighted by molar-refractivity contribution is 9.10. The number of sulfonamides is 1. The summed E-state index contributed by atoms with van der Waals surface area (Å²) in [4.78, 5) is 4.36. The van der Waals surface area contributed by atoms with Crippen LogP contribution in [-0.4, -0.2) is 13.4 Å². The predicted octanol–water partition coefficient (Wildman–Crippen LogP) is 2.72. The zero-order chi connectivity index (χ0) is 15.6.